The van der Waals surface area contributed by atoms with Crippen molar-refractivity contribution >= 4 is 5.91 Å². The Morgan fingerprint density at radius 1 is 1.35 bits per heavy atom. The summed E-state index contributed by atoms with van der Waals surface area (Å²) in [4.78, 5) is 15.6. The maximum Gasteiger partial charge on any atom is 0.226 e. The first-order valence-corrected chi connectivity index (χ1v) is 7.62. The summed E-state index contributed by atoms with van der Waals surface area (Å²) >= 11 is 0. The van der Waals surface area contributed by atoms with Gasteiger partial charge in [0, 0.05) is 33.2 Å². The van der Waals surface area contributed by atoms with Gasteiger partial charge in [-0.3, -0.25) is 9.69 Å². The molecule has 1 saturated heterocycles. The smallest absolute Gasteiger partial charge is 0.226 e. The van der Waals surface area contributed by atoms with Crippen LogP contribution in [0.4, 0.5) is 8.78 Å². The van der Waals surface area contributed by atoms with Crippen molar-refractivity contribution in [2.24, 2.45) is 0 Å². The lowest BCUT2D eigenvalue weighted by Gasteiger charge is -2.30. The minimum Gasteiger partial charge on any atom is -0.390 e. The van der Waals surface area contributed by atoms with E-state index in [1.54, 1.807) is 7.05 Å². The molecule has 2 rings (SSSR count). The first kappa shape index (κ1) is 17.8. The van der Waals surface area contributed by atoms with Gasteiger partial charge in [0.2, 0.25) is 5.91 Å². The van der Waals surface area contributed by atoms with Crippen molar-refractivity contribution in [1.29, 1.82) is 0 Å². The van der Waals surface area contributed by atoms with E-state index in [1.165, 1.54) is 11.0 Å². The molecule has 5 nitrogen and oxygen atoms in total. The van der Waals surface area contributed by atoms with E-state index in [4.69, 9.17) is 4.74 Å². The zero-order valence-corrected chi connectivity index (χ0v) is 13.2. The van der Waals surface area contributed by atoms with Crippen molar-refractivity contribution in [1.82, 2.24) is 9.80 Å². The summed E-state index contributed by atoms with van der Waals surface area (Å²) in [6, 6.07) is 3.41. The molecule has 0 bridgehead atoms. The van der Waals surface area contributed by atoms with Gasteiger partial charge in [0.25, 0.3) is 0 Å². The van der Waals surface area contributed by atoms with Crippen LogP contribution in [0.25, 0.3) is 0 Å². The van der Waals surface area contributed by atoms with Crippen molar-refractivity contribution < 1.29 is 23.4 Å². The van der Waals surface area contributed by atoms with Gasteiger partial charge in [0.1, 0.15) is 0 Å². The van der Waals surface area contributed by atoms with Gasteiger partial charge in [-0.05, 0) is 17.7 Å². The number of rotatable bonds is 6. The van der Waals surface area contributed by atoms with Crippen molar-refractivity contribution in [3.8, 4) is 0 Å². The lowest BCUT2D eigenvalue weighted by atomic mass is 10.1. The fourth-order valence-electron chi connectivity index (χ4n) is 2.52. The summed E-state index contributed by atoms with van der Waals surface area (Å²) in [6.45, 7) is 3.51. The van der Waals surface area contributed by atoms with E-state index >= 15 is 0 Å². The topological polar surface area (TPSA) is 53.0 Å². The first-order valence-electron chi connectivity index (χ1n) is 7.62. The number of β-amino-alcohol motifs (C(OH)–C–C–N with tert-alkyl or cyclic N) is 1. The molecule has 1 aliphatic rings. The highest BCUT2D eigenvalue weighted by molar-refractivity contribution is 5.78. The third kappa shape index (κ3) is 5.53. The number of aliphatic hydroxyl groups is 1. The highest BCUT2D eigenvalue weighted by Crippen LogP contribution is 2.10. The molecule has 23 heavy (non-hydrogen) atoms. The molecule has 0 aliphatic carbocycles. The minimum absolute atomic E-state index is 0.0298. The standard InChI is InChI=1S/C16H22F2N2O3/c1-19(10-13(21)11-20-4-6-23-7-5-20)16(22)9-12-2-3-14(17)15(18)8-12/h2-3,8,13,21H,4-7,9-11H2,1H3. The Morgan fingerprint density at radius 3 is 2.70 bits per heavy atom. The van der Waals surface area contributed by atoms with E-state index in [0.717, 1.165) is 25.2 Å². The molecule has 1 aromatic carbocycles. The number of hydrogen-bond donors (Lipinski definition) is 1. The van der Waals surface area contributed by atoms with Crippen molar-refractivity contribution in [2.45, 2.75) is 12.5 Å². The normalized spacial score (nSPS) is 17.0. The predicted molar refractivity (Wildman–Crippen MR) is 81.0 cm³/mol. The molecular weight excluding hydrogens is 306 g/mol. The van der Waals surface area contributed by atoms with Crippen LogP contribution in [-0.2, 0) is 16.0 Å². The zero-order chi connectivity index (χ0) is 16.8. The maximum atomic E-state index is 13.1. The Hall–Kier alpha value is -1.57. The second kappa shape index (κ2) is 8.33. The number of morpholine rings is 1. The van der Waals surface area contributed by atoms with E-state index in [1.807, 2.05) is 0 Å². The largest absolute Gasteiger partial charge is 0.390 e. The second-order valence-electron chi connectivity index (χ2n) is 5.77. The molecule has 1 unspecified atom stereocenters. The molecule has 1 amide bonds. The molecule has 0 radical (unpaired) electrons. The number of halogens is 2. The van der Waals surface area contributed by atoms with Gasteiger partial charge in [0.05, 0.1) is 25.7 Å². The number of benzene rings is 1. The van der Waals surface area contributed by atoms with Gasteiger partial charge in [-0.2, -0.15) is 0 Å². The SMILES string of the molecule is CN(CC(O)CN1CCOCC1)C(=O)Cc1ccc(F)c(F)c1. The molecule has 1 N–H and O–H groups in total. The number of carbonyl (C=O) groups is 1. The van der Waals surface area contributed by atoms with Crippen LogP contribution in [0.15, 0.2) is 18.2 Å². The predicted octanol–water partition coefficient (Wildman–Crippen LogP) is 0.659. The molecule has 1 aromatic rings. The van der Waals surface area contributed by atoms with Crippen LogP contribution in [-0.4, -0.2) is 73.4 Å². The van der Waals surface area contributed by atoms with Crippen LogP contribution in [0.3, 0.4) is 0 Å². The van der Waals surface area contributed by atoms with Crippen molar-refractivity contribution in [3.63, 3.8) is 0 Å². The van der Waals surface area contributed by atoms with E-state index in [9.17, 15) is 18.7 Å². The third-order valence-corrected chi connectivity index (χ3v) is 3.82. The Balaban J connectivity index is 1.80. The lowest BCUT2D eigenvalue weighted by Crippen LogP contribution is -2.45. The second-order valence-corrected chi connectivity index (χ2v) is 5.77. The average molecular weight is 328 g/mol. The van der Waals surface area contributed by atoms with E-state index in [-0.39, 0.29) is 18.9 Å². The van der Waals surface area contributed by atoms with Crippen LogP contribution < -0.4 is 0 Å². The fraction of sp³-hybridized carbons (Fsp3) is 0.562. The lowest BCUT2D eigenvalue weighted by molar-refractivity contribution is -0.130. The number of likely N-dealkylation sites (N-methyl/N-ethyl adjacent to an activating group) is 1. The monoisotopic (exact) mass is 328 g/mol. The molecule has 0 saturated carbocycles. The number of carbonyl (C=O) groups excluding carboxylic acids is 1. The van der Waals surface area contributed by atoms with E-state index in [0.29, 0.717) is 25.3 Å². The third-order valence-electron chi connectivity index (χ3n) is 3.82. The van der Waals surface area contributed by atoms with Crippen LogP contribution in [0.2, 0.25) is 0 Å². The zero-order valence-electron chi connectivity index (χ0n) is 13.2. The van der Waals surface area contributed by atoms with Crippen molar-refractivity contribution in [3.05, 3.63) is 35.4 Å². The van der Waals surface area contributed by atoms with Crippen molar-refractivity contribution in [2.75, 3.05) is 46.4 Å². The molecule has 1 aliphatic heterocycles. The molecular formula is C16H22F2N2O3. The van der Waals surface area contributed by atoms with Gasteiger partial charge in [-0.25, -0.2) is 8.78 Å². The highest BCUT2D eigenvalue weighted by Gasteiger charge is 2.19. The molecule has 1 fully saturated rings. The summed E-state index contributed by atoms with van der Waals surface area (Å²) in [6.07, 6.45) is -0.690. The van der Waals surface area contributed by atoms with Gasteiger partial charge < -0.3 is 14.7 Å². The minimum atomic E-state index is -0.967. The molecule has 1 atom stereocenters. The summed E-state index contributed by atoms with van der Waals surface area (Å²) in [5.41, 5.74) is 0.406. The molecule has 0 aromatic heterocycles. The summed E-state index contributed by atoms with van der Waals surface area (Å²) in [5.74, 6) is -2.15. The number of nitrogens with zero attached hydrogens (tertiary/aromatic N) is 2. The van der Waals surface area contributed by atoms with Crippen LogP contribution in [0.1, 0.15) is 5.56 Å². The van der Waals surface area contributed by atoms with E-state index < -0.39 is 17.7 Å². The first-order chi connectivity index (χ1) is 11.0. The average Bonchev–Trinajstić information content (AvgIpc) is 2.51. The maximum absolute atomic E-state index is 13.1. The Labute approximate surface area is 134 Å². The van der Waals surface area contributed by atoms with Gasteiger partial charge in [-0.15, -0.1) is 0 Å². The highest BCUT2D eigenvalue weighted by atomic mass is 19.2. The van der Waals surface area contributed by atoms with Gasteiger partial charge in [0.15, 0.2) is 11.6 Å². The quantitative estimate of drug-likeness (QED) is 0.833. The Morgan fingerprint density at radius 2 is 2.04 bits per heavy atom. The van der Waals surface area contributed by atoms with Gasteiger partial charge >= 0.3 is 0 Å². The van der Waals surface area contributed by atoms with Gasteiger partial charge in [-0.1, -0.05) is 6.07 Å². The molecule has 128 valence electrons. The molecule has 7 heteroatoms. The summed E-state index contributed by atoms with van der Waals surface area (Å²) in [7, 11) is 1.59. The molecule has 0 spiro atoms. The fourth-order valence-corrected chi connectivity index (χ4v) is 2.52. The Kier molecular flexibility index (Phi) is 6.44. The van der Waals surface area contributed by atoms with Crippen LogP contribution in [0.5, 0.6) is 0 Å². The van der Waals surface area contributed by atoms with Crippen LogP contribution >= 0.6 is 0 Å². The Bertz CT molecular complexity index is 536. The number of ether oxygens (including phenoxy) is 1. The van der Waals surface area contributed by atoms with E-state index in [2.05, 4.69) is 4.90 Å². The summed E-state index contributed by atoms with van der Waals surface area (Å²) in [5, 5.41) is 10.1. The summed E-state index contributed by atoms with van der Waals surface area (Å²) < 4.78 is 31.3. The number of aliphatic hydroxyl groups excluding tert-OH is 1. The number of amides is 1. The number of hydrogen-bond acceptors (Lipinski definition) is 4. The molecule has 1 heterocycles. The van der Waals surface area contributed by atoms with Crippen LogP contribution in [0, 0.1) is 11.6 Å².